The molecule has 0 unspecified atom stereocenters. The summed E-state index contributed by atoms with van der Waals surface area (Å²) in [7, 11) is -0.388. The van der Waals surface area contributed by atoms with Crippen LogP contribution in [-0.2, 0) is 23.1 Å². The van der Waals surface area contributed by atoms with Crippen LogP contribution >= 0.6 is 0 Å². The summed E-state index contributed by atoms with van der Waals surface area (Å²) >= 11 is 0. The fourth-order valence-corrected chi connectivity index (χ4v) is 6.08. The second-order valence-electron chi connectivity index (χ2n) is 9.38. The van der Waals surface area contributed by atoms with Gasteiger partial charge in [0, 0.05) is 31.2 Å². The number of nitrogens with zero attached hydrogens (tertiary/aromatic N) is 2. The number of benzene rings is 4. The molecule has 0 N–H and O–H groups in total. The van der Waals surface area contributed by atoms with Crippen molar-refractivity contribution in [2.45, 2.75) is 18.0 Å². The zero-order valence-corrected chi connectivity index (χ0v) is 23.4. The highest BCUT2D eigenvalue weighted by Gasteiger charge is 2.20. The largest absolute Gasteiger partial charge is 0.497 e. The van der Waals surface area contributed by atoms with E-state index in [1.54, 1.807) is 62.9 Å². The van der Waals surface area contributed by atoms with Crippen molar-refractivity contribution < 1.29 is 22.6 Å². The first kappa shape index (κ1) is 27.3. The lowest BCUT2D eigenvalue weighted by molar-refractivity contribution is 0.197. The second-order valence-corrected chi connectivity index (χ2v) is 11.2. The zero-order valence-electron chi connectivity index (χ0n) is 22.6. The van der Waals surface area contributed by atoms with Gasteiger partial charge < -0.3 is 14.2 Å². The Morgan fingerprint density at radius 2 is 1.35 bits per heavy atom. The van der Waals surface area contributed by atoms with E-state index in [1.807, 2.05) is 48.5 Å². The summed E-state index contributed by atoms with van der Waals surface area (Å²) in [6.45, 7) is 2.47. The van der Waals surface area contributed by atoms with Crippen LogP contribution in [0.5, 0.6) is 17.2 Å². The molecule has 0 radical (unpaired) electrons. The summed E-state index contributed by atoms with van der Waals surface area (Å²) < 4.78 is 44.9. The number of hydrogen-bond donors (Lipinski definition) is 0. The minimum atomic E-state index is -3.72. The van der Waals surface area contributed by atoms with Crippen molar-refractivity contribution in [3.63, 3.8) is 0 Å². The Morgan fingerprint density at radius 1 is 0.725 bits per heavy atom. The SMILES string of the molecule is COc1cccc(CN(CCOc2cccc3c2ccn3S(=O)(=O)c2ccccc2)Cc2cccc(OC)c2)c1. The molecule has 0 saturated heterocycles. The summed E-state index contributed by atoms with van der Waals surface area (Å²) in [6, 6.07) is 31.8. The van der Waals surface area contributed by atoms with Crippen LogP contribution in [0.3, 0.4) is 0 Å². The molecule has 4 aromatic carbocycles. The number of fused-ring (bicyclic) bond motifs is 1. The van der Waals surface area contributed by atoms with E-state index in [0.29, 0.717) is 37.5 Å². The van der Waals surface area contributed by atoms with E-state index in [4.69, 9.17) is 14.2 Å². The highest BCUT2D eigenvalue weighted by Crippen LogP contribution is 2.29. The summed E-state index contributed by atoms with van der Waals surface area (Å²) in [5.74, 6) is 2.27. The van der Waals surface area contributed by atoms with Gasteiger partial charge in [0.2, 0.25) is 0 Å². The molecule has 0 bridgehead atoms. The van der Waals surface area contributed by atoms with Crippen LogP contribution in [0.1, 0.15) is 11.1 Å². The van der Waals surface area contributed by atoms with Crippen molar-refractivity contribution in [3.05, 3.63) is 120 Å². The molecule has 0 spiro atoms. The average Bonchev–Trinajstić information content (AvgIpc) is 3.44. The standard InChI is InChI=1S/C32H32N2O5S/c1-37-27-11-6-9-25(21-27)23-33(24-26-10-7-12-28(22-26)38-2)19-20-39-32-16-8-15-31-30(32)17-18-34(31)40(35,36)29-13-4-3-5-14-29/h3-18,21-22H,19-20,23-24H2,1-2H3. The first-order valence-electron chi connectivity index (χ1n) is 13.0. The molecule has 0 aliphatic carbocycles. The van der Waals surface area contributed by atoms with Crippen LogP contribution in [0.4, 0.5) is 0 Å². The molecule has 0 aliphatic rings. The molecule has 0 fully saturated rings. The Bertz CT molecular complexity index is 1630. The third kappa shape index (κ3) is 6.14. The molecule has 8 heteroatoms. The summed E-state index contributed by atoms with van der Waals surface area (Å²) in [5, 5.41) is 0.745. The second kappa shape index (κ2) is 12.3. The maximum atomic E-state index is 13.3. The normalized spacial score (nSPS) is 11.6. The fourth-order valence-electron chi connectivity index (χ4n) is 4.71. The number of rotatable bonds is 12. The molecule has 0 atom stereocenters. The third-order valence-electron chi connectivity index (χ3n) is 6.70. The van der Waals surface area contributed by atoms with Gasteiger partial charge in [0.05, 0.1) is 24.6 Å². The number of ether oxygens (including phenoxy) is 3. The van der Waals surface area contributed by atoms with Crippen LogP contribution in [-0.4, -0.2) is 44.7 Å². The summed E-state index contributed by atoms with van der Waals surface area (Å²) in [6.07, 6.45) is 1.58. The van der Waals surface area contributed by atoms with Gasteiger partial charge in [-0.25, -0.2) is 12.4 Å². The number of hydrogen-bond acceptors (Lipinski definition) is 6. The molecular formula is C32H32N2O5S. The molecule has 5 aromatic rings. The van der Waals surface area contributed by atoms with Crippen molar-refractivity contribution in [2.75, 3.05) is 27.4 Å². The minimum absolute atomic E-state index is 0.240. The molecule has 5 rings (SSSR count). The van der Waals surface area contributed by atoms with Gasteiger partial charge in [0.1, 0.15) is 23.9 Å². The first-order chi connectivity index (χ1) is 19.5. The average molecular weight is 557 g/mol. The maximum Gasteiger partial charge on any atom is 0.268 e. The lowest BCUT2D eigenvalue weighted by atomic mass is 10.1. The molecule has 0 saturated carbocycles. The van der Waals surface area contributed by atoms with Crippen LogP contribution < -0.4 is 14.2 Å². The van der Waals surface area contributed by atoms with E-state index in [1.165, 1.54) is 3.97 Å². The Hall–Kier alpha value is -4.27. The van der Waals surface area contributed by atoms with Crippen molar-refractivity contribution in [1.29, 1.82) is 0 Å². The molecule has 0 amide bonds. The van der Waals surface area contributed by atoms with Gasteiger partial charge in [-0.1, -0.05) is 48.5 Å². The number of aromatic nitrogens is 1. The first-order valence-corrected chi connectivity index (χ1v) is 14.4. The van der Waals surface area contributed by atoms with E-state index in [2.05, 4.69) is 17.0 Å². The summed E-state index contributed by atoms with van der Waals surface area (Å²) in [4.78, 5) is 2.54. The van der Waals surface area contributed by atoms with E-state index in [9.17, 15) is 8.42 Å². The molecule has 7 nitrogen and oxygen atoms in total. The fraction of sp³-hybridized carbons (Fsp3) is 0.188. The summed E-state index contributed by atoms with van der Waals surface area (Å²) in [5.41, 5.74) is 2.84. The van der Waals surface area contributed by atoms with Gasteiger partial charge in [-0.3, -0.25) is 4.90 Å². The highest BCUT2D eigenvalue weighted by molar-refractivity contribution is 7.90. The van der Waals surface area contributed by atoms with Crippen LogP contribution in [0.2, 0.25) is 0 Å². The molecular weight excluding hydrogens is 524 g/mol. The smallest absolute Gasteiger partial charge is 0.268 e. The van der Waals surface area contributed by atoms with Gasteiger partial charge in [-0.2, -0.15) is 0 Å². The van der Waals surface area contributed by atoms with Gasteiger partial charge in [-0.15, -0.1) is 0 Å². The molecule has 1 heterocycles. The van der Waals surface area contributed by atoms with Crippen LogP contribution in [0.15, 0.2) is 114 Å². The monoisotopic (exact) mass is 556 g/mol. The van der Waals surface area contributed by atoms with Gasteiger partial charge in [0.25, 0.3) is 10.0 Å². The quantitative estimate of drug-likeness (QED) is 0.188. The van der Waals surface area contributed by atoms with Gasteiger partial charge in [-0.05, 0) is 65.7 Å². The lowest BCUT2D eigenvalue weighted by Gasteiger charge is -2.23. The van der Waals surface area contributed by atoms with E-state index in [0.717, 1.165) is 28.0 Å². The minimum Gasteiger partial charge on any atom is -0.497 e. The Morgan fingerprint density at radius 3 is 1.98 bits per heavy atom. The zero-order chi connectivity index (χ0) is 28.0. The Kier molecular flexibility index (Phi) is 8.38. The Balaban J connectivity index is 1.34. The van der Waals surface area contributed by atoms with Gasteiger partial charge in [0.15, 0.2) is 0 Å². The van der Waals surface area contributed by atoms with Crippen molar-refractivity contribution in [2.24, 2.45) is 0 Å². The van der Waals surface area contributed by atoms with E-state index >= 15 is 0 Å². The maximum absolute atomic E-state index is 13.3. The molecule has 0 aliphatic heterocycles. The highest BCUT2D eigenvalue weighted by atomic mass is 32.2. The van der Waals surface area contributed by atoms with Crippen LogP contribution in [0, 0.1) is 0 Å². The predicted molar refractivity (Wildman–Crippen MR) is 157 cm³/mol. The van der Waals surface area contributed by atoms with Crippen molar-refractivity contribution in [1.82, 2.24) is 8.87 Å². The third-order valence-corrected chi connectivity index (χ3v) is 8.41. The van der Waals surface area contributed by atoms with E-state index in [-0.39, 0.29) is 4.90 Å². The molecule has 206 valence electrons. The Labute approximate surface area is 235 Å². The van der Waals surface area contributed by atoms with Crippen molar-refractivity contribution in [3.8, 4) is 17.2 Å². The number of methoxy groups -OCH3 is 2. The molecule has 40 heavy (non-hydrogen) atoms. The van der Waals surface area contributed by atoms with E-state index < -0.39 is 10.0 Å². The topological polar surface area (TPSA) is 70.0 Å². The van der Waals surface area contributed by atoms with Crippen LogP contribution in [0.25, 0.3) is 10.9 Å². The van der Waals surface area contributed by atoms with Crippen molar-refractivity contribution >= 4 is 20.9 Å². The lowest BCUT2D eigenvalue weighted by Crippen LogP contribution is -2.28. The van der Waals surface area contributed by atoms with Gasteiger partial charge >= 0.3 is 0 Å². The predicted octanol–water partition coefficient (Wildman–Crippen LogP) is 5.98. The molecule has 1 aromatic heterocycles.